The van der Waals surface area contributed by atoms with Crippen LogP contribution in [0.4, 0.5) is 5.69 Å². The molecule has 1 aromatic carbocycles. The minimum Gasteiger partial charge on any atom is -0.392 e. The molecular weight excluding hydrogens is 210 g/mol. The van der Waals surface area contributed by atoms with Gasteiger partial charge in [0.15, 0.2) is 0 Å². The van der Waals surface area contributed by atoms with Gasteiger partial charge in [-0.15, -0.1) is 0 Å². The highest BCUT2D eigenvalue weighted by Gasteiger charge is 2.40. The fourth-order valence-electron chi connectivity index (χ4n) is 3.23. The number of hydrogen-bond acceptors (Lipinski definition) is 2. The Morgan fingerprint density at radius 3 is 2.47 bits per heavy atom. The van der Waals surface area contributed by atoms with Crippen LogP contribution < -0.4 is 4.90 Å². The second-order valence-corrected chi connectivity index (χ2v) is 4.97. The third-order valence-electron chi connectivity index (χ3n) is 4.40. The van der Waals surface area contributed by atoms with Crippen molar-refractivity contribution < 1.29 is 5.11 Å². The van der Waals surface area contributed by atoms with E-state index in [1.54, 1.807) is 0 Å². The molecule has 0 aliphatic carbocycles. The molecular formula is C15H23NO. The molecule has 1 aliphatic heterocycles. The summed E-state index contributed by atoms with van der Waals surface area (Å²) >= 11 is 0. The lowest BCUT2D eigenvalue weighted by atomic mass is 9.75. The number of aliphatic hydroxyl groups excluding tert-OH is 1. The zero-order valence-corrected chi connectivity index (χ0v) is 11.2. The highest BCUT2D eigenvalue weighted by Crippen LogP contribution is 2.46. The van der Waals surface area contributed by atoms with Crippen molar-refractivity contribution in [2.75, 3.05) is 18.0 Å². The van der Waals surface area contributed by atoms with Crippen molar-refractivity contribution in [2.45, 2.75) is 45.6 Å². The summed E-state index contributed by atoms with van der Waals surface area (Å²) in [5, 5.41) is 9.57. The van der Waals surface area contributed by atoms with E-state index >= 15 is 0 Å². The Morgan fingerprint density at radius 2 is 1.94 bits per heavy atom. The zero-order valence-electron chi connectivity index (χ0n) is 11.2. The molecule has 2 heteroatoms. The van der Waals surface area contributed by atoms with Gasteiger partial charge in [-0.3, -0.25) is 0 Å². The van der Waals surface area contributed by atoms with Crippen LogP contribution in [0.15, 0.2) is 18.2 Å². The molecule has 1 heterocycles. The van der Waals surface area contributed by atoms with E-state index in [0.29, 0.717) is 0 Å². The monoisotopic (exact) mass is 233 g/mol. The summed E-state index contributed by atoms with van der Waals surface area (Å²) in [5.74, 6) is 0. The Kier molecular flexibility index (Phi) is 3.43. The van der Waals surface area contributed by atoms with E-state index < -0.39 is 0 Å². The van der Waals surface area contributed by atoms with Crippen LogP contribution in [0.3, 0.4) is 0 Å². The molecule has 0 fully saturated rings. The maximum absolute atomic E-state index is 9.57. The molecule has 0 saturated carbocycles. The lowest BCUT2D eigenvalue weighted by molar-refractivity contribution is 0.277. The normalized spacial score (nSPS) is 17.3. The lowest BCUT2D eigenvalue weighted by Gasteiger charge is -2.29. The summed E-state index contributed by atoms with van der Waals surface area (Å²) in [4.78, 5) is 2.45. The summed E-state index contributed by atoms with van der Waals surface area (Å²) in [7, 11) is 0. The third-order valence-corrected chi connectivity index (χ3v) is 4.40. The first-order chi connectivity index (χ1) is 8.22. The van der Waals surface area contributed by atoms with Gasteiger partial charge in [-0.1, -0.05) is 26.0 Å². The summed E-state index contributed by atoms with van der Waals surface area (Å²) < 4.78 is 0. The van der Waals surface area contributed by atoms with Crippen molar-refractivity contribution in [3.8, 4) is 0 Å². The predicted octanol–water partition coefficient (Wildman–Crippen LogP) is 3.08. The molecule has 0 bridgehead atoms. The summed E-state index contributed by atoms with van der Waals surface area (Å²) in [6.07, 6.45) is 2.29. The molecule has 2 rings (SSSR count). The number of hydrogen-bond donors (Lipinski definition) is 1. The van der Waals surface area contributed by atoms with E-state index in [1.165, 1.54) is 11.3 Å². The highest BCUT2D eigenvalue weighted by molar-refractivity contribution is 5.65. The van der Waals surface area contributed by atoms with Gasteiger partial charge in [-0.25, -0.2) is 0 Å². The number of likely N-dealkylation sites (N-methyl/N-ethyl adjacent to an activating group) is 1. The quantitative estimate of drug-likeness (QED) is 0.864. The van der Waals surface area contributed by atoms with E-state index in [-0.39, 0.29) is 12.0 Å². The molecule has 0 spiro atoms. The highest BCUT2D eigenvalue weighted by atomic mass is 16.3. The molecule has 1 N–H and O–H groups in total. The van der Waals surface area contributed by atoms with Crippen LogP contribution in [-0.2, 0) is 12.0 Å². The molecule has 94 valence electrons. The van der Waals surface area contributed by atoms with Gasteiger partial charge in [0.05, 0.1) is 6.61 Å². The molecule has 17 heavy (non-hydrogen) atoms. The van der Waals surface area contributed by atoms with Gasteiger partial charge in [0.2, 0.25) is 0 Å². The average Bonchev–Trinajstić information content (AvgIpc) is 2.73. The topological polar surface area (TPSA) is 23.5 Å². The molecule has 0 unspecified atom stereocenters. The first kappa shape index (κ1) is 12.4. The number of nitrogens with zero attached hydrogens (tertiary/aromatic N) is 1. The minimum absolute atomic E-state index is 0.155. The molecule has 1 aromatic rings. The number of fused-ring (bicyclic) bond motifs is 1. The lowest BCUT2D eigenvalue weighted by Crippen LogP contribution is -2.32. The van der Waals surface area contributed by atoms with Crippen molar-refractivity contribution in [1.82, 2.24) is 0 Å². The molecule has 0 radical (unpaired) electrons. The molecule has 0 aromatic heterocycles. The Labute approximate surface area is 104 Å². The fraction of sp³-hybridized carbons (Fsp3) is 0.600. The second kappa shape index (κ2) is 4.69. The molecule has 2 nitrogen and oxygen atoms in total. The zero-order chi connectivity index (χ0) is 12.5. The maximum atomic E-state index is 9.57. The largest absolute Gasteiger partial charge is 0.392 e. The van der Waals surface area contributed by atoms with Gasteiger partial charge in [-0.2, -0.15) is 0 Å². The summed E-state index contributed by atoms with van der Waals surface area (Å²) in [5.41, 5.74) is 4.09. The van der Waals surface area contributed by atoms with E-state index in [1.807, 2.05) is 0 Å². The Morgan fingerprint density at radius 1 is 1.24 bits per heavy atom. The summed E-state index contributed by atoms with van der Waals surface area (Å²) in [6, 6.07) is 6.33. The van der Waals surface area contributed by atoms with Crippen molar-refractivity contribution in [3.63, 3.8) is 0 Å². The van der Waals surface area contributed by atoms with E-state index in [4.69, 9.17) is 0 Å². The molecule has 1 aliphatic rings. The smallest absolute Gasteiger partial charge is 0.0685 e. The van der Waals surface area contributed by atoms with Crippen LogP contribution in [0, 0.1) is 0 Å². The van der Waals surface area contributed by atoms with Gasteiger partial charge < -0.3 is 10.0 Å². The second-order valence-electron chi connectivity index (χ2n) is 4.97. The molecule has 0 atom stereocenters. The van der Waals surface area contributed by atoms with Gasteiger partial charge in [-0.05, 0) is 37.0 Å². The van der Waals surface area contributed by atoms with Crippen LogP contribution >= 0.6 is 0 Å². The van der Waals surface area contributed by atoms with Crippen LogP contribution in [0.1, 0.15) is 44.7 Å². The van der Waals surface area contributed by atoms with Crippen molar-refractivity contribution in [3.05, 3.63) is 29.3 Å². The third kappa shape index (κ3) is 1.75. The first-order valence-electron chi connectivity index (χ1n) is 6.70. The van der Waals surface area contributed by atoms with Gasteiger partial charge in [0.25, 0.3) is 0 Å². The van der Waals surface area contributed by atoms with E-state index in [2.05, 4.69) is 43.9 Å². The summed E-state index contributed by atoms with van der Waals surface area (Å²) in [6.45, 7) is 9.03. The number of benzene rings is 1. The molecule has 0 saturated heterocycles. The maximum Gasteiger partial charge on any atom is 0.0685 e. The predicted molar refractivity (Wildman–Crippen MR) is 72.5 cm³/mol. The standard InChI is InChI=1S/C15H23NO/c1-4-15(5-2)11-16(6-3)13-9-7-8-12(10-17)14(13)15/h7-9,17H,4-6,10-11H2,1-3H3. The Hall–Kier alpha value is -1.02. The van der Waals surface area contributed by atoms with Crippen LogP contribution in [0.25, 0.3) is 0 Å². The van der Waals surface area contributed by atoms with Crippen molar-refractivity contribution >= 4 is 5.69 Å². The number of rotatable bonds is 4. The van der Waals surface area contributed by atoms with Crippen LogP contribution in [0.2, 0.25) is 0 Å². The number of aliphatic hydroxyl groups is 1. The average molecular weight is 233 g/mol. The van der Waals surface area contributed by atoms with Gasteiger partial charge >= 0.3 is 0 Å². The van der Waals surface area contributed by atoms with Crippen molar-refractivity contribution in [2.24, 2.45) is 0 Å². The van der Waals surface area contributed by atoms with Gasteiger partial charge in [0.1, 0.15) is 0 Å². The fourth-order valence-corrected chi connectivity index (χ4v) is 3.23. The van der Waals surface area contributed by atoms with E-state index in [0.717, 1.165) is 31.5 Å². The van der Waals surface area contributed by atoms with Gasteiger partial charge in [0, 0.05) is 24.2 Å². The van der Waals surface area contributed by atoms with Crippen LogP contribution in [0.5, 0.6) is 0 Å². The Bertz CT molecular complexity index is 396. The van der Waals surface area contributed by atoms with Crippen molar-refractivity contribution in [1.29, 1.82) is 0 Å². The SMILES string of the molecule is CCN1CC(CC)(CC)c2c(CO)cccc21. The Balaban J connectivity index is 2.60. The first-order valence-corrected chi connectivity index (χ1v) is 6.70. The molecule has 0 amide bonds. The van der Waals surface area contributed by atoms with Crippen LogP contribution in [-0.4, -0.2) is 18.2 Å². The minimum atomic E-state index is 0.155. The number of anilines is 1. The van der Waals surface area contributed by atoms with E-state index in [9.17, 15) is 5.11 Å².